The van der Waals surface area contributed by atoms with E-state index < -0.39 is 0 Å². The molecule has 1 N–H and O–H groups in total. The maximum Gasteiger partial charge on any atom is 0.138 e. The Balaban J connectivity index is 2.24. The number of aliphatic hydroxyl groups excluding tert-OH is 1. The highest BCUT2D eigenvalue weighted by atomic mass is 35.5. The first-order chi connectivity index (χ1) is 8.24. The Morgan fingerprint density at radius 1 is 1.00 bits per heavy atom. The van der Waals surface area contributed by atoms with E-state index >= 15 is 0 Å². The monoisotopic (exact) mass is 244 g/mol. The molecule has 3 rings (SSSR count). The Hall–Kier alpha value is -1.93. The van der Waals surface area contributed by atoms with Crippen molar-refractivity contribution in [2.45, 2.75) is 0 Å². The standard InChI is InChI=1S/C14H9ClO2/c15-10-5-6-14-11(8-10)12(16)7-9-3-1-2-4-13(9)17-14/h1-8,16H. The normalized spacial score (nSPS) is 12.9. The van der Waals surface area contributed by atoms with Crippen LogP contribution in [0.15, 0.2) is 42.5 Å². The number of ether oxygens (including phenoxy) is 1. The lowest BCUT2D eigenvalue weighted by atomic mass is 10.1. The van der Waals surface area contributed by atoms with Gasteiger partial charge in [-0.05, 0) is 30.3 Å². The molecule has 0 fully saturated rings. The van der Waals surface area contributed by atoms with Gasteiger partial charge in [0.15, 0.2) is 0 Å². The molecule has 0 atom stereocenters. The molecule has 2 aromatic rings. The van der Waals surface area contributed by atoms with Crippen LogP contribution in [0.4, 0.5) is 0 Å². The van der Waals surface area contributed by atoms with Gasteiger partial charge in [0.25, 0.3) is 0 Å². The Morgan fingerprint density at radius 2 is 1.82 bits per heavy atom. The zero-order valence-corrected chi connectivity index (χ0v) is 9.61. The van der Waals surface area contributed by atoms with Crippen LogP contribution in [0.5, 0.6) is 11.5 Å². The van der Waals surface area contributed by atoms with Gasteiger partial charge in [0.2, 0.25) is 0 Å². The summed E-state index contributed by atoms with van der Waals surface area (Å²) in [5.41, 5.74) is 1.45. The smallest absolute Gasteiger partial charge is 0.138 e. The Bertz CT molecular complexity index is 617. The molecular formula is C14H9ClO2. The summed E-state index contributed by atoms with van der Waals surface area (Å²) in [6.45, 7) is 0. The molecule has 0 aliphatic carbocycles. The molecule has 0 saturated carbocycles. The van der Waals surface area contributed by atoms with Gasteiger partial charge in [-0.3, -0.25) is 0 Å². The van der Waals surface area contributed by atoms with E-state index in [9.17, 15) is 5.11 Å². The van der Waals surface area contributed by atoms with E-state index in [2.05, 4.69) is 0 Å². The summed E-state index contributed by atoms with van der Waals surface area (Å²) >= 11 is 5.91. The van der Waals surface area contributed by atoms with E-state index in [4.69, 9.17) is 16.3 Å². The number of rotatable bonds is 0. The summed E-state index contributed by atoms with van der Waals surface area (Å²) in [7, 11) is 0. The molecule has 0 saturated heterocycles. The molecule has 3 heteroatoms. The van der Waals surface area contributed by atoms with Crippen molar-refractivity contribution in [1.82, 2.24) is 0 Å². The first-order valence-electron chi connectivity index (χ1n) is 5.21. The summed E-state index contributed by atoms with van der Waals surface area (Å²) in [6.07, 6.45) is 1.68. The fraction of sp³-hybridized carbons (Fsp3) is 0. The first-order valence-corrected chi connectivity index (χ1v) is 5.59. The van der Waals surface area contributed by atoms with Gasteiger partial charge in [-0.15, -0.1) is 0 Å². The number of aliphatic hydroxyl groups is 1. The third-order valence-corrected chi connectivity index (χ3v) is 2.88. The minimum absolute atomic E-state index is 0.160. The third-order valence-electron chi connectivity index (χ3n) is 2.65. The average molecular weight is 245 g/mol. The minimum atomic E-state index is 0.160. The molecule has 1 heterocycles. The third kappa shape index (κ3) is 1.77. The van der Waals surface area contributed by atoms with E-state index in [0.717, 1.165) is 11.3 Å². The molecule has 0 amide bonds. The van der Waals surface area contributed by atoms with Gasteiger partial charge in [-0.25, -0.2) is 0 Å². The van der Waals surface area contributed by atoms with Gasteiger partial charge >= 0.3 is 0 Å². The molecule has 0 spiro atoms. The lowest BCUT2D eigenvalue weighted by Crippen LogP contribution is -1.88. The quantitative estimate of drug-likeness (QED) is 0.739. The van der Waals surface area contributed by atoms with Crippen molar-refractivity contribution < 1.29 is 9.84 Å². The summed E-state index contributed by atoms with van der Waals surface area (Å²) in [5.74, 6) is 1.49. The Kier molecular flexibility index (Phi) is 2.30. The zero-order valence-electron chi connectivity index (χ0n) is 8.85. The van der Waals surface area contributed by atoms with Gasteiger partial charge in [0.05, 0.1) is 5.56 Å². The number of benzene rings is 2. The SMILES string of the molecule is OC1=Cc2ccccc2Oc2ccc(Cl)cc21. The van der Waals surface area contributed by atoms with Crippen LogP contribution in [0, 0.1) is 0 Å². The van der Waals surface area contributed by atoms with Crippen LogP contribution < -0.4 is 4.74 Å². The van der Waals surface area contributed by atoms with Gasteiger partial charge in [0.1, 0.15) is 17.3 Å². The number of halogens is 1. The molecular weight excluding hydrogens is 236 g/mol. The predicted molar refractivity (Wildman–Crippen MR) is 68.5 cm³/mol. The van der Waals surface area contributed by atoms with Gasteiger partial charge in [-0.2, -0.15) is 0 Å². The van der Waals surface area contributed by atoms with Crippen LogP contribution in [0.2, 0.25) is 5.02 Å². The molecule has 0 bridgehead atoms. The lowest BCUT2D eigenvalue weighted by molar-refractivity contribution is 0.472. The van der Waals surface area contributed by atoms with Crippen molar-refractivity contribution in [3.05, 3.63) is 58.6 Å². The Labute approximate surface area is 104 Å². The van der Waals surface area contributed by atoms with Crippen molar-refractivity contribution in [3.8, 4) is 11.5 Å². The van der Waals surface area contributed by atoms with Crippen molar-refractivity contribution >= 4 is 23.4 Å². The van der Waals surface area contributed by atoms with Crippen LogP contribution in [0.1, 0.15) is 11.1 Å². The van der Waals surface area contributed by atoms with Gasteiger partial charge in [0, 0.05) is 10.6 Å². The van der Waals surface area contributed by atoms with Crippen molar-refractivity contribution in [1.29, 1.82) is 0 Å². The number of hydrogen-bond acceptors (Lipinski definition) is 2. The second-order valence-electron chi connectivity index (χ2n) is 3.81. The minimum Gasteiger partial charge on any atom is -0.507 e. The van der Waals surface area contributed by atoms with Crippen LogP contribution in [0.25, 0.3) is 11.8 Å². The maximum absolute atomic E-state index is 10.0. The highest BCUT2D eigenvalue weighted by Gasteiger charge is 2.15. The van der Waals surface area contributed by atoms with Crippen LogP contribution in [-0.2, 0) is 0 Å². The predicted octanol–water partition coefficient (Wildman–Crippen LogP) is 4.50. The molecule has 84 valence electrons. The second-order valence-corrected chi connectivity index (χ2v) is 4.25. The largest absolute Gasteiger partial charge is 0.507 e. The second kappa shape index (κ2) is 3.82. The number of para-hydroxylation sites is 1. The zero-order chi connectivity index (χ0) is 11.8. The summed E-state index contributed by atoms with van der Waals surface area (Å²) in [5, 5.41) is 10.6. The molecule has 2 aromatic carbocycles. The summed E-state index contributed by atoms with van der Waals surface area (Å²) < 4.78 is 5.76. The molecule has 0 aromatic heterocycles. The van der Waals surface area contributed by atoms with Crippen LogP contribution in [-0.4, -0.2) is 5.11 Å². The van der Waals surface area contributed by atoms with E-state index in [0.29, 0.717) is 16.3 Å². The molecule has 0 unspecified atom stereocenters. The van der Waals surface area contributed by atoms with Gasteiger partial charge < -0.3 is 9.84 Å². The van der Waals surface area contributed by atoms with Gasteiger partial charge in [-0.1, -0.05) is 29.8 Å². The fourth-order valence-corrected chi connectivity index (χ4v) is 2.00. The average Bonchev–Trinajstić information content (AvgIpc) is 2.46. The molecule has 2 nitrogen and oxygen atoms in total. The highest BCUT2D eigenvalue weighted by molar-refractivity contribution is 6.30. The van der Waals surface area contributed by atoms with E-state index in [1.807, 2.05) is 24.3 Å². The molecule has 0 radical (unpaired) electrons. The van der Waals surface area contributed by atoms with Crippen molar-refractivity contribution in [2.24, 2.45) is 0 Å². The van der Waals surface area contributed by atoms with E-state index in [1.165, 1.54) is 0 Å². The molecule has 1 aliphatic rings. The van der Waals surface area contributed by atoms with E-state index in [-0.39, 0.29) is 5.76 Å². The topological polar surface area (TPSA) is 29.5 Å². The van der Waals surface area contributed by atoms with Crippen LogP contribution >= 0.6 is 11.6 Å². The maximum atomic E-state index is 10.0. The van der Waals surface area contributed by atoms with Crippen molar-refractivity contribution in [2.75, 3.05) is 0 Å². The Morgan fingerprint density at radius 3 is 2.71 bits per heavy atom. The summed E-state index contributed by atoms with van der Waals surface area (Å²) in [6, 6.07) is 12.7. The lowest BCUT2D eigenvalue weighted by Gasteiger charge is -2.08. The first kappa shape index (κ1) is 10.2. The number of hydrogen-bond donors (Lipinski definition) is 1. The molecule has 17 heavy (non-hydrogen) atoms. The highest BCUT2D eigenvalue weighted by Crippen LogP contribution is 2.37. The van der Waals surface area contributed by atoms with Crippen molar-refractivity contribution in [3.63, 3.8) is 0 Å². The molecule has 1 aliphatic heterocycles. The van der Waals surface area contributed by atoms with Crippen LogP contribution in [0.3, 0.4) is 0 Å². The number of fused-ring (bicyclic) bond motifs is 2. The fourth-order valence-electron chi connectivity index (χ4n) is 1.83. The summed E-state index contributed by atoms with van der Waals surface area (Å²) in [4.78, 5) is 0. The van der Waals surface area contributed by atoms with E-state index in [1.54, 1.807) is 24.3 Å².